The first-order valence-corrected chi connectivity index (χ1v) is 23.9. The van der Waals surface area contributed by atoms with Gasteiger partial charge in [-0.3, -0.25) is 0 Å². The number of carbonyl (C=O) groups is 8. The number of furan rings is 1. The molecule has 19 nitrogen and oxygen atoms in total. The molecule has 4 aliphatic heterocycles. The van der Waals surface area contributed by atoms with E-state index in [1.807, 2.05) is 0 Å². The molecule has 5 heterocycles. The van der Waals surface area contributed by atoms with E-state index in [1.54, 1.807) is 0 Å². The number of ether oxygens (including phenoxy) is 10. The maximum Gasteiger partial charge on any atom is 0.346 e. The third-order valence-electron chi connectivity index (χ3n) is 8.07. The highest BCUT2D eigenvalue weighted by Gasteiger charge is 2.41. The zero-order valence-electron chi connectivity index (χ0n) is 35.2. The number of carbonyl (C=O) groups excluding carboxylic acids is 8. The Morgan fingerprint density at radius 3 is 0.723 bits per heavy atom. The van der Waals surface area contributed by atoms with E-state index < -0.39 is 47.8 Å². The maximum atomic E-state index is 13.1. The standard InChI is InChI=1S/C38H32O19S8/c1-47-19-17(13(37-62-25(33(43)53-7)26(63-37)34(44)54-8)11-15-58-21(29(39)49-3)22(59-15)30(40)50-4)57-18(20(19)48-2)14(38-64-27(35(45)55-9)28(65-38)36(46)56-10)12-16-60-23(31(41)51-5)24(61-16)32(42)52-6/h11-12H,1-10H3. The molecule has 0 saturated carbocycles. The van der Waals surface area contributed by atoms with Crippen LogP contribution < -0.4 is 9.47 Å². The zero-order valence-corrected chi connectivity index (χ0v) is 41.7. The number of rotatable bonds is 14. The average molecular weight is 1050 g/mol. The minimum absolute atomic E-state index is 0.0780. The van der Waals surface area contributed by atoms with Gasteiger partial charge in [-0.15, -0.1) is 0 Å². The molecule has 0 spiro atoms. The summed E-state index contributed by atoms with van der Waals surface area (Å²) in [6.07, 6.45) is 3.00. The molecule has 0 radical (unpaired) electrons. The Balaban J connectivity index is 1.84. The minimum Gasteiger partial charge on any atom is -0.490 e. The van der Waals surface area contributed by atoms with Crippen LogP contribution in [0.3, 0.4) is 0 Å². The van der Waals surface area contributed by atoms with Crippen molar-refractivity contribution in [2.75, 3.05) is 71.1 Å². The highest BCUT2D eigenvalue weighted by Crippen LogP contribution is 2.61. The summed E-state index contributed by atoms with van der Waals surface area (Å²) in [6, 6.07) is 0. The first kappa shape index (κ1) is 51.3. The second-order valence-electron chi connectivity index (χ2n) is 11.5. The first-order valence-electron chi connectivity index (χ1n) is 17.3. The Bertz CT molecular complexity index is 2260. The van der Waals surface area contributed by atoms with Crippen molar-refractivity contribution in [2.45, 2.75) is 0 Å². The summed E-state index contributed by atoms with van der Waals surface area (Å²) in [4.78, 5) is 103. The van der Waals surface area contributed by atoms with E-state index in [2.05, 4.69) is 0 Å². The number of thioether (sulfide) groups is 8. The molecule has 0 amide bonds. The highest BCUT2D eigenvalue weighted by molar-refractivity contribution is 8.31. The van der Waals surface area contributed by atoms with Gasteiger partial charge >= 0.3 is 47.8 Å². The van der Waals surface area contributed by atoms with Gasteiger partial charge < -0.3 is 51.8 Å². The molecule has 0 unspecified atom stereocenters. The molecule has 0 N–H and O–H groups in total. The average Bonchev–Trinajstić information content (AvgIpc) is 4.19. The molecule has 27 heteroatoms. The summed E-state index contributed by atoms with van der Waals surface area (Å²) in [7, 11) is 11.6. The predicted molar refractivity (Wildman–Crippen MR) is 247 cm³/mol. The van der Waals surface area contributed by atoms with Gasteiger partial charge in [-0.05, 0) is 12.2 Å². The zero-order chi connectivity index (χ0) is 47.9. The first-order chi connectivity index (χ1) is 31.1. The van der Waals surface area contributed by atoms with Gasteiger partial charge in [-0.2, -0.15) is 0 Å². The number of allylic oxidation sites excluding steroid dienone is 4. The number of methoxy groups -OCH3 is 10. The third kappa shape index (κ3) is 10.7. The third-order valence-corrected chi connectivity index (χ3v) is 18.1. The molecular weight excluding hydrogens is 1020 g/mol. The van der Waals surface area contributed by atoms with Crippen molar-refractivity contribution in [3.63, 3.8) is 0 Å². The van der Waals surface area contributed by atoms with Crippen LogP contribution in [0, 0.1) is 0 Å². The molecule has 346 valence electrons. The quantitative estimate of drug-likeness (QED) is 0.143. The molecule has 0 atom stereocenters. The summed E-state index contributed by atoms with van der Waals surface area (Å²) in [5, 5.41) is 0. The topological polar surface area (TPSA) is 242 Å². The molecule has 0 aromatic carbocycles. The van der Waals surface area contributed by atoms with E-state index in [9.17, 15) is 38.4 Å². The Morgan fingerprint density at radius 1 is 0.338 bits per heavy atom. The summed E-state index contributed by atoms with van der Waals surface area (Å²) in [5.41, 5.74) is 0.207. The van der Waals surface area contributed by atoms with E-state index in [0.29, 0.717) is 0 Å². The molecule has 65 heavy (non-hydrogen) atoms. The van der Waals surface area contributed by atoms with Crippen molar-refractivity contribution in [3.8, 4) is 11.5 Å². The van der Waals surface area contributed by atoms with Crippen LogP contribution in [0.1, 0.15) is 11.5 Å². The van der Waals surface area contributed by atoms with E-state index in [-0.39, 0.29) is 90.4 Å². The molecule has 0 bridgehead atoms. The smallest absolute Gasteiger partial charge is 0.346 e. The Kier molecular flexibility index (Phi) is 17.9. The lowest BCUT2D eigenvalue weighted by Crippen LogP contribution is -2.08. The van der Waals surface area contributed by atoms with E-state index >= 15 is 0 Å². The summed E-state index contributed by atoms with van der Waals surface area (Å²) in [6.45, 7) is 0. The second-order valence-corrected chi connectivity index (χ2v) is 20.9. The van der Waals surface area contributed by atoms with Gasteiger partial charge in [0.05, 0.1) is 88.0 Å². The molecule has 1 aromatic rings. The van der Waals surface area contributed by atoms with Gasteiger partial charge in [-0.25, -0.2) is 38.4 Å². The second kappa shape index (κ2) is 22.7. The lowest BCUT2D eigenvalue weighted by atomic mass is 10.2. The van der Waals surface area contributed by atoms with Crippen molar-refractivity contribution in [3.05, 3.63) is 79.9 Å². The van der Waals surface area contributed by atoms with Crippen molar-refractivity contribution in [2.24, 2.45) is 0 Å². The molecule has 0 fully saturated rings. The normalized spacial score (nSPS) is 15.8. The largest absolute Gasteiger partial charge is 0.490 e. The summed E-state index contributed by atoms with van der Waals surface area (Å²) in [5.74, 6) is -7.21. The van der Waals surface area contributed by atoms with Gasteiger partial charge in [0.15, 0.2) is 11.5 Å². The van der Waals surface area contributed by atoms with Gasteiger partial charge in [0.1, 0.15) is 39.2 Å². The van der Waals surface area contributed by atoms with E-state index in [4.69, 9.17) is 51.8 Å². The molecule has 0 saturated heterocycles. The Labute approximate surface area is 403 Å². The number of hydrogen-bond acceptors (Lipinski definition) is 27. The van der Waals surface area contributed by atoms with E-state index in [0.717, 1.165) is 151 Å². The van der Waals surface area contributed by atoms with Crippen LogP contribution in [-0.4, -0.2) is 119 Å². The highest BCUT2D eigenvalue weighted by atomic mass is 32.2. The number of esters is 8. The van der Waals surface area contributed by atoms with Gasteiger partial charge in [0.25, 0.3) is 0 Å². The molecule has 0 aliphatic carbocycles. The fourth-order valence-corrected chi connectivity index (χ4v) is 14.9. The van der Waals surface area contributed by atoms with Crippen LogP contribution in [0.5, 0.6) is 11.5 Å². The van der Waals surface area contributed by atoms with Crippen molar-refractivity contribution in [1.82, 2.24) is 0 Å². The molecule has 4 aliphatic rings. The minimum atomic E-state index is -0.871. The summed E-state index contributed by atoms with van der Waals surface area (Å²) >= 11 is 6.70. The van der Waals surface area contributed by atoms with Crippen molar-refractivity contribution in [1.29, 1.82) is 0 Å². The van der Waals surface area contributed by atoms with Crippen molar-refractivity contribution >= 4 is 153 Å². The van der Waals surface area contributed by atoms with Crippen LogP contribution in [0.25, 0.3) is 11.1 Å². The lowest BCUT2D eigenvalue weighted by molar-refractivity contribution is -0.138. The summed E-state index contributed by atoms with van der Waals surface area (Å²) < 4.78 is 59.2. The Morgan fingerprint density at radius 2 is 0.538 bits per heavy atom. The SMILES string of the molecule is COC(=O)C1=C(C(=O)OC)SC(=CC(=C2SC(C(=O)OC)=C(C(=O)OC)S2)c2oc(C(C=C3SC(C(=O)OC)=C(C(=O)OC)S3)=C3SC(C(=O)OC)=C(C(=O)OC)S3)c(OC)c2OC)S1. The lowest BCUT2D eigenvalue weighted by Gasteiger charge is -2.09. The van der Waals surface area contributed by atoms with Crippen LogP contribution in [0.2, 0.25) is 0 Å². The van der Waals surface area contributed by atoms with Crippen molar-refractivity contribution < 1.29 is 90.1 Å². The number of hydrogen-bond donors (Lipinski definition) is 0. The monoisotopic (exact) mass is 1050 g/mol. The fourth-order valence-electron chi connectivity index (χ4n) is 5.18. The van der Waals surface area contributed by atoms with Crippen LogP contribution in [0.4, 0.5) is 0 Å². The van der Waals surface area contributed by atoms with Crippen LogP contribution >= 0.6 is 94.1 Å². The predicted octanol–water partition coefficient (Wildman–Crippen LogP) is 6.47. The molecular formula is C38H32O19S8. The Hall–Kier alpha value is -4.64. The van der Waals surface area contributed by atoms with Gasteiger partial charge in [0, 0.05) is 11.1 Å². The van der Waals surface area contributed by atoms with E-state index in [1.165, 1.54) is 26.4 Å². The van der Waals surface area contributed by atoms with Crippen LogP contribution in [0.15, 0.2) is 72.8 Å². The fraction of sp³-hybridized carbons (Fsp3) is 0.263. The van der Waals surface area contributed by atoms with Gasteiger partial charge in [-0.1, -0.05) is 94.1 Å². The van der Waals surface area contributed by atoms with Gasteiger partial charge in [0.2, 0.25) is 11.5 Å². The maximum absolute atomic E-state index is 13.1. The van der Waals surface area contributed by atoms with Crippen LogP contribution in [-0.2, 0) is 76.3 Å². The molecule has 5 rings (SSSR count). The molecule has 1 aromatic heterocycles.